The number of urea groups is 1. The van der Waals surface area contributed by atoms with Gasteiger partial charge in [0, 0.05) is 23.8 Å². The van der Waals surface area contributed by atoms with E-state index < -0.39 is 6.03 Å². The van der Waals surface area contributed by atoms with Crippen molar-refractivity contribution in [2.45, 2.75) is 38.1 Å². The van der Waals surface area contributed by atoms with Gasteiger partial charge in [-0.3, -0.25) is 4.79 Å². The number of hydrogen-bond donors (Lipinski definition) is 4. The number of amides is 3. The second-order valence-corrected chi connectivity index (χ2v) is 5.53. The zero-order valence-corrected chi connectivity index (χ0v) is 12.0. The number of hydrogen-bond acceptors (Lipinski definition) is 3. The molecule has 21 heavy (non-hydrogen) atoms. The van der Waals surface area contributed by atoms with Crippen LogP contribution in [0, 0.1) is 5.92 Å². The van der Waals surface area contributed by atoms with Gasteiger partial charge in [0.1, 0.15) is 0 Å². The standard InChI is InChI=1S/C15H22N4O2/c16-13-7-2-1-4-10(13)8-14(20)18-11-5-3-6-12(9-11)19-15(17)21/h3,5-6,9-10,13H,1-2,4,7-8,16H2,(H,18,20)(H3,17,19,21). The molecule has 114 valence electrons. The number of primary amides is 1. The van der Waals surface area contributed by atoms with E-state index in [0.29, 0.717) is 17.8 Å². The van der Waals surface area contributed by atoms with Crippen LogP contribution in [0.2, 0.25) is 0 Å². The van der Waals surface area contributed by atoms with Crippen LogP contribution in [0.5, 0.6) is 0 Å². The topological polar surface area (TPSA) is 110 Å². The molecule has 2 atom stereocenters. The molecule has 1 fully saturated rings. The SMILES string of the molecule is NC(=O)Nc1cccc(NC(=O)CC2CCCCC2N)c1. The third kappa shape index (κ3) is 4.75. The lowest BCUT2D eigenvalue weighted by molar-refractivity contribution is -0.117. The van der Waals surface area contributed by atoms with E-state index in [1.165, 1.54) is 0 Å². The third-order valence-electron chi connectivity index (χ3n) is 3.83. The first-order chi connectivity index (χ1) is 10.0. The highest BCUT2D eigenvalue weighted by molar-refractivity contribution is 5.93. The molecule has 0 radical (unpaired) electrons. The maximum atomic E-state index is 12.1. The quantitative estimate of drug-likeness (QED) is 0.680. The van der Waals surface area contributed by atoms with Gasteiger partial charge in [0.15, 0.2) is 0 Å². The molecule has 6 N–H and O–H groups in total. The molecule has 2 unspecified atom stereocenters. The van der Waals surface area contributed by atoms with Crippen molar-refractivity contribution in [3.05, 3.63) is 24.3 Å². The Morgan fingerprint density at radius 1 is 1.14 bits per heavy atom. The van der Waals surface area contributed by atoms with E-state index in [4.69, 9.17) is 11.5 Å². The number of anilines is 2. The minimum Gasteiger partial charge on any atom is -0.351 e. The predicted molar refractivity (Wildman–Crippen MR) is 82.8 cm³/mol. The molecule has 0 saturated heterocycles. The Morgan fingerprint density at radius 3 is 2.48 bits per heavy atom. The van der Waals surface area contributed by atoms with Gasteiger partial charge >= 0.3 is 6.03 Å². The Balaban J connectivity index is 1.91. The van der Waals surface area contributed by atoms with Crippen LogP contribution in [-0.2, 0) is 4.79 Å². The van der Waals surface area contributed by atoms with Crippen LogP contribution >= 0.6 is 0 Å². The minimum atomic E-state index is -0.633. The van der Waals surface area contributed by atoms with E-state index in [2.05, 4.69) is 10.6 Å². The zero-order chi connectivity index (χ0) is 15.2. The highest BCUT2D eigenvalue weighted by Crippen LogP contribution is 2.26. The number of nitrogens with two attached hydrogens (primary N) is 2. The number of benzene rings is 1. The number of rotatable bonds is 4. The van der Waals surface area contributed by atoms with Crippen molar-refractivity contribution in [1.82, 2.24) is 0 Å². The van der Waals surface area contributed by atoms with E-state index in [9.17, 15) is 9.59 Å². The summed E-state index contributed by atoms with van der Waals surface area (Å²) in [5, 5.41) is 5.31. The Bertz CT molecular complexity index is 518. The Hall–Kier alpha value is -2.08. The monoisotopic (exact) mass is 290 g/mol. The first-order valence-electron chi connectivity index (χ1n) is 7.26. The molecule has 3 amide bonds. The predicted octanol–water partition coefficient (Wildman–Crippen LogP) is 2.02. The summed E-state index contributed by atoms with van der Waals surface area (Å²) >= 11 is 0. The fourth-order valence-electron chi connectivity index (χ4n) is 2.76. The lowest BCUT2D eigenvalue weighted by atomic mass is 9.83. The minimum absolute atomic E-state index is 0.0476. The van der Waals surface area contributed by atoms with E-state index in [1.807, 2.05) is 0 Å². The highest BCUT2D eigenvalue weighted by atomic mass is 16.2. The summed E-state index contributed by atoms with van der Waals surface area (Å²) in [7, 11) is 0. The zero-order valence-electron chi connectivity index (χ0n) is 12.0. The summed E-state index contributed by atoms with van der Waals surface area (Å²) in [5.74, 6) is 0.208. The van der Waals surface area contributed by atoms with Crippen molar-refractivity contribution in [1.29, 1.82) is 0 Å². The maximum absolute atomic E-state index is 12.1. The summed E-state index contributed by atoms with van der Waals surface area (Å²) in [6, 6.07) is 6.37. The molecule has 1 aliphatic rings. The lowest BCUT2D eigenvalue weighted by Crippen LogP contribution is -2.35. The van der Waals surface area contributed by atoms with Gasteiger partial charge in [0.25, 0.3) is 0 Å². The molecule has 6 heteroatoms. The number of carbonyl (C=O) groups is 2. The van der Waals surface area contributed by atoms with Gasteiger partial charge in [-0.1, -0.05) is 18.9 Å². The summed E-state index contributed by atoms with van der Waals surface area (Å²) in [5.41, 5.74) is 12.3. The number of carbonyl (C=O) groups excluding carboxylic acids is 2. The van der Waals surface area contributed by atoms with Gasteiger partial charge in [-0.25, -0.2) is 4.79 Å². The van der Waals surface area contributed by atoms with Gasteiger partial charge in [-0.15, -0.1) is 0 Å². The van der Waals surface area contributed by atoms with Crippen LogP contribution in [0.15, 0.2) is 24.3 Å². The van der Waals surface area contributed by atoms with Crippen LogP contribution in [0.25, 0.3) is 0 Å². The van der Waals surface area contributed by atoms with E-state index in [1.54, 1.807) is 24.3 Å². The molecule has 0 aliphatic heterocycles. The van der Waals surface area contributed by atoms with Crippen LogP contribution in [0.1, 0.15) is 32.1 Å². The van der Waals surface area contributed by atoms with Gasteiger partial charge in [-0.2, -0.15) is 0 Å². The molecule has 1 aliphatic carbocycles. The molecule has 0 bridgehead atoms. The maximum Gasteiger partial charge on any atom is 0.316 e. The molecule has 2 rings (SSSR count). The molecule has 0 aromatic heterocycles. The van der Waals surface area contributed by atoms with Crippen molar-refractivity contribution < 1.29 is 9.59 Å². The first kappa shape index (κ1) is 15.3. The van der Waals surface area contributed by atoms with E-state index in [-0.39, 0.29) is 17.9 Å². The summed E-state index contributed by atoms with van der Waals surface area (Å²) in [6.07, 6.45) is 4.74. The fourth-order valence-corrected chi connectivity index (χ4v) is 2.76. The van der Waals surface area contributed by atoms with Crippen molar-refractivity contribution >= 4 is 23.3 Å². The van der Waals surface area contributed by atoms with Crippen LogP contribution in [0.3, 0.4) is 0 Å². The first-order valence-corrected chi connectivity index (χ1v) is 7.26. The molecule has 1 aromatic rings. The lowest BCUT2D eigenvalue weighted by Gasteiger charge is -2.27. The largest absolute Gasteiger partial charge is 0.351 e. The van der Waals surface area contributed by atoms with Crippen molar-refractivity contribution in [2.75, 3.05) is 10.6 Å². The summed E-state index contributed by atoms with van der Waals surface area (Å²) in [6.45, 7) is 0. The Labute approximate surface area is 124 Å². The summed E-state index contributed by atoms with van der Waals surface area (Å²) < 4.78 is 0. The van der Waals surface area contributed by atoms with Crippen LogP contribution < -0.4 is 22.1 Å². The normalized spacial score (nSPS) is 21.6. The Kier molecular flexibility index (Phi) is 5.16. The fraction of sp³-hybridized carbons (Fsp3) is 0.467. The Morgan fingerprint density at radius 2 is 1.81 bits per heavy atom. The molecule has 1 aromatic carbocycles. The van der Waals surface area contributed by atoms with Crippen molar-refractivity contribution in [3.8, 4) is 0 Å². The van der Waals surface area contributed by atoms with Crippen LogP contribution in [0.4, 0.5) is 16.2 Å². The van der Waals surface area contributed by atoms with Crippen molar-refractivity contribution in [3.63, 3.8) is 0 Å². The third-order valence-corrected chi connectivity index (χ3v) is 3.83. The van der Waals surface area contributed by atoms with Gasteiger partial charge in [0.05, 0.1) is 0 Å². The van der Waals surface area contributed by atoms with Gasteiger partial charge < -0.3 is 22.1 Å². The molecule has 0 spiro atoms. The number of nitrogens with one attached hydrogen (secondary N) is 2. The van der Waals surface area contributed by atoms with Crippen LogP contribution in [-0.4, -0.2) is 18.0 Å². The smallest absolute Gasteiger partial charge is 0.316 e. The molecular weight excluding hydrogens is 268 g/mol. The molecular formula is C15H22N4O2. The van der Waals surface area contributed by atoms with Gasteiger partial charge in [-0.05, 0) is 37.0 Å². The second-order valence-electron chi connectivity index (χ2n) is 5.53. The molecule has 1 saturated carbocycles. The molecule has 6 nitrogen and oxygen atoms in total. The second kappa shape index (κ2) is 7.08. The van der Waals surface area contributed by atoms with Crippen molar-refractivity contribution in [2.24, 2.45) is 17.4 Å². The summed E-state index contributed by atoms with van der Waals surface area (Å²) in [4.78, 5) is 22.9. The average molecular weight is 290 g/mol. The van der Waals surface area contributed by atoms with E-state index >= 15 is 0 Å². The molecule has 0 heterocycles. The van der Waals surface area contributed by atoms with E-state index in [0.717, 1.165) is 25.7 Å². The highest BCUT2D eigenvalue weighted by Gasteiger charge is 2.24. The van der Waals surface area contributed by atoms with Gasteiger partial charge in [0.2, 0.25) is 5.91 Å². The average Bonchev–Trinajstić information content (AvgIpc) is 2.41.